The lowest BCUT2D eigenvalue weighted by molar-refractivity contribution is -0.130. The molecular weight excluding hydrogens is 260 g/mol. The van der Waals surface area contributed by atoms with Gasteiger partial charge in [-0.05, 0) is 23.6 Å². The van der Waals surface area contributed by atoms with Crippen LogP contribution in [0.25, 0.3) is 0 Å². The fraction of sp³-hybridized carbons (Fsp3) is 0.429. The smallest absolute Gasteiger partial charge is 0.244 e. The molecule has 1 aromatic carbocycles. The van der Waals surface area contributed by atoms with Crippen LogP contribution < -0.4 is 5.32 Å². The summed E-state index contributed by atoms with van der Waals surface area (Å²) in [6.07, 6.45) is 0. The van der Waals surface area contributed by atoms with Gasteiger partial charge in [0.15, 0.2) is 0 Å². The maximum absolute atomic E-state index is 11.9. The Morgan fingerprint density at radius 2 is 2.26 bits per heavy atom. The highest BCUT2D eigenvalue weighted by molar-refractivity contribution is 8.00. The van der Waals surface area contributed by atoms with Crippen molar-refractivity contribution in [1.82, 2.24) is 4.90 Å². The number of carbonyl (C=O) groups is 2. The van der Waals surface area contributed by atoms with E-state index in [1.54, 1.807) is 16.7 Å². The lowest BCUT2D eigenvalue weighted by atomic mass is 10.0. The van der Waals surface area contributed by atoms with Gasteiger partial charge in [-0.15, -0.1) is 11.8 Å². The SMILES string of the molecule is CC(C)c1cccc(NC(=O)CN2CSCC2=O)c1. The third-order valence-corrected chi connectivity index (χ3v) is 3.94. The largest absolute Gasteiger partial charge is 0.325 e. The van der Waals surface area contributed by atoms with Crippen LogP contribution in [-0.4, -0.2) is 34.9 Å². The van der Waals surface area contributed by atoms with Crippen molar-refractivity contribution in [3.05, 3.63) is 29.8 Å². The average molecular weight is 278 g/mol. The highest BCUT2D eigenvalue weighted by atomic mass is 32.2. The van der Waals surface area contributed by atoms with Gasteiger partial charge in [0.05, 0.1) is 11.6 Å². The van der Waals surface area contributed by atoms with Crippen LogP contribution in [0.15, 0.2) is 24.3 Å². The molecule has 0 atom stereocenters. The van der Waals surface area contributed by atoms with E-state index in [2.05, 4.69) is 19.2 Å². The Kier molecular flexibility index (Phi) is 4.47. The van der Waals surface area contributed by atoms with Gasteiger partial charge in [-0.3, -0.25) is 9.59 Å². The second-order valence-electron chi connectivity index (χ2n) is 4.90. The van der Waals surface area contributed by atoms with Crippen LogP contribution in [0.5, 0.6) is 0 Å². The van der Waals surface area contributed by atoms with Gasteiger partial charge in [0.1, 0.15) is 6.54 Å². The number of amides is 2. The molecule has 0 spiro atoms. The molecule has 4 nitrogen and oxygen atoms in total. The number of carbonyl (C=O) groups excluding carboxylic acids is 2. The minimum atomic E-state index is -0.142. The number of hydrogen-bond acceptors (Lipinski definition) is 3. The second-order valence-corrected chi connectivity index (χ2v) is 5.85. The first kappa shape index (κ1) is 13.9. The van der Waals surface area contributed by atoms with Gasteiger partial charge >= 0.3 is 0 Å². The van der Waals surface area contributed by atoms with E-state index in [4.69, 9.17) is 0 Å². The van der Waals surface area contributed by atoms with Gasteiger partial charge in [0, 0.05) is 5.69 Å². The fourth-order valence-electron chi connectivity index (χ4n) is 1.89. The number of hydrogen-bond donors (Lipinski definition) is 1. The number of nitrogens with one attached hydrogen (secondary N) is 1. The van der Waals surface area contributed by atoms with Crippen LogP contribution in [0.4, 0.5) is 5.69 Å². The van der Waals surface area contributed by atoms with E-state index in [1.807, 2.05) is 24.3 Å². The lowest BCUT2D eigenvalue weighted by Crippen LogP contribution is -2.34. The molecule has 1 heterocycles. The van der Waals surface area contributed by atoms with E-state index < -0.39 is 0 Å². The maximum atomic E-state index is 11.9. The van der Waals surface area contributed by atoms with E-state index in [0.717, 1.165) is 5.69 Å². The molecule has 2 rings (SSSR count). The minimum absolute atomic E-state index is 0.0380. The second kappa shape index (κ2) is 6.10. The molecule has 0 bridgehead atoms. The van der Waals surface area contributed by atoms with Gasteiger partial charge in [0.25, 0.3) is 0 Å². The topological polar surface area (TPSA) is 49.4 Å². The van der Waals surface area contributed by atoms with Crippen molar-refractivity contribution in [3.8, 4) is 0 Å². The number of anilines is 1. The lowest BCUT2D eigenvalue weighted by Gasteiger charge is -2.15. The van der Waals surface area contributed by atoms with Crippen molar-refractivity contribution >= 4 is 29.3 Å². The van der Waals surface area contributed by atoms with Gasteiger partial charge in [-0.2, -0.15) is 0 Å². The summed E-state index contributed by atoms with van der Waals surface area (Å²) in [5, 5.41) is 2.84. The van der Waals surface area contributed by atoms with E-state index >= 15 is 0 Å². The predicted molar refractivity (Wildman–Crippen MR) is 78.2 cm³/mol. The van der Waals surface area contributed by atoms with Crippen molar-refractivity contribution < 1.29 is 9.59 Å². The summed E-state index contributed by atoms with van der Waals surface area (Å²) in [6, 6.07) is 7.82. The first-order chi connectivity index (χ1) is 9.06. The monoisotopic (exact) mass is 278 g/mol. The normalized spacial score (nSPS) is 15.1. The molecule has 1 saturated heterocycles. The van der Waals surface area contributed by atoms with Crippen molar-refractivity contribution in [2.24, 2.45) is 0 Å². The van der Waals surface area contributed by atoms with Crippen LogP contribution in [-0.2, 0) is 9.59 Å². The summed E-state index contributed by atoms with van der Waals surface area (Å²) in [4.78, 5) is 24.9. The van der Waals surface area contributed by atoms with Gasteiger partial charge in [0.2, 0.25) is 11.8 Å². The quantitative estimate of drug-likeness (QED) is 0.919. The molecule has 1 fully saturated rings. The standard InChI is InChI=1S/C14H18N2O2S/c1-10(2)11-4-3-5-12(6-11)15-13(17)7-16-9-19-8-14(16)18/h3-6,10H,7-9H2,1-2H3,(H,15,17). The first-order valence-electron chi connectivity index (χ1n) is 6.31. The van der Waals surface area contributed by atoms with Crippen molar-refractivity contribution in [2.75, 3.05) is 23.5 Å². The Morgan fingerprint density at radius 3 is 2.89 bits per heavy atom. The summed E-state index contributed by atoms with van der Waals surface area (Å²) in [5.74, 6) is 1.41. The Bertz CT molecular complexity index is 488. The highest BCUT2D eigenvalue weighted by Gasteiger charge is 2.22. The molecule has 19 heavy (non-hydrogen) atoms. The third kappa shape index (κ3) is 3.73. The molecule has 0 aromatic heterocycles. The molecule has 5 heteroatoms. The van der Waals surface area contributed by atoms with Crippen molar-refractivity contribution in [1.29, 1.82) is 0 Å². The molecule has 0 radical (unpaired) electrons. The average Bonchev–Trinajstić information content (AvgIpc) is 2.75. The molecule has 1 aliphatic rings. The molecular formula is C14H18N2O2S. The molecule has 102 valence electrons. The Morgan fingerprint density at radius 1 is 1.47 bits per heavy atom. The Hall–Kier alpha value is -1.49. The zero-order chi connectivity index (χ0) is 13.8. The van der Waals surface area contributed by atoms with Crippen LogP contribution in [0.2, 0.25) is 0 Å². The summed E-state index contributed by atoms with van der Waals surface area (Å²) in [7, 11) is 0. The zero-order valence-corrected chi connectivity index (χ0v) is 12.0. The Balaban J connectivity index is 1.95. The van der Waals surface area contributed by atoms with E-state index in [-0.39, 0.29) is 18.4 Å². The van der Waals surface area contributed by atoms with Crippen molar-refractivity contribution in [2.45, 2.75) is 19.8 Å². The maximum Gasteiger partial charge on any atom is 0.244 e. The highest BCUT2D eigenvalue weighted by Crippen LogP contribution is 2.19. The van der Waals surface area contributed by atoms with Crippen LogP contribution in [0, 0.1) is 0 Å². The Labute approximate surface area is 117 Å². The third-order valence-electron chi connectivity index (χ3n) is 3.00. The van der Waals surface area contributed by atoms with Gasteiger partial charge in [-0.1, -0.05) is 26.0 Å². The number of benzene rings is 1. The molecule has 1 aromatic rings. The minimum Gasteiger partial charge on any atom is -0.325 e. The summed E-state index contributed by atoms with van der Waals surface area (Å²) in [5.41, 5.74) is 1.97. The molecule has 0 aliphatic carbocycles. The van der Waals surface area contributed by atoms with E-state index in [1.165, 1.54) is 5.56 Å². The fourth-order valence-corrected chi connectivity index (χ4v) is 2.79. The van der Waals surface area contributed by atoms with E-state index in [9.17, 15) is 9.59 Å². The molecule has 0 saturated carbocycles. The zero-order valence-electron chi connectivity index (χ0n) is 11.2. The number of nitrogens with zero attached hydrogens (tertiary/aromatic N) is 1. The first-order valence-corrected chi connectivity index (χ1v) is 7.47. The summed E-state index contributed by atoms with van der Waals surface area (Å²) >= 11 is 1.54. The number of thioether (sulfide) groups is 1. The van der Waals surface area contributed by atoms with Gasteiger partial charge < -0.3 is 10.2 Å². The summed E-state index contributed by atoms with van der Waals surface area (Å²) in [6.45, 7) is 4.36. The van der Waals surface area contributed by atoms with Crippen molar-refractivity contribution in [3.63, 3.8) is 0 Å². The molecule has 0 unspecified atom stereocenters. The van der Waals surface area contributed by atoms with E-state index in [0.29, 0.717) is 17.5 Å². The molecule has 2 amide bonds. The van der Waals surface area contributed by atoms with Crippen LogP contribution in [0.1, 0.15) is 25.3 Å². The van der Waals surface area contributed by atoms with Crippen LogP contribution in [0.3, 0.4) is 0 Å². The number of rotatable bonds is 4. The molecule has 1 N–H and O–H groups in total. The summed E-state index contributed by atoms with van der Waals surface area (Å²) < 4.78 is 0. The van der Waals surface area contributed by atoms with Crippen LogP contribution >= 0.6 is 11.8 Å². The molecule has 1 aliphatic heterocycles. The van der Waals surface area contributed by atoms with Gasteiger partial charge in [-0.25, -0.2) is 0 Å². The predicted octanol–water partition coefficient (Wildman–Crippen LogP) is 2.28.